The molecule has 2 N–H and O–H groups in total. The third-order valence-electron chi connectivity index (χ3n) is 3.93. The van der Waals surface area contributed by atoms with E-state index >= 15 is 0 Å². The summed E-state index contributed by atoms with van der Waals surface area (Å²) in [6.07, 6.45) is 0. The maximum atomic E-state index is 12.2. The van der Waals surface area contributed by atoms with Gasteiger partial charge in [0.25, 0.3) is 5.91 Å². The number of methoxy groups -OCH3 is 2. The van der Waals surface area contributed by atoms with Crippen LogP contribution in [0.2, 0.25) is 5.02 Å². The predicted molar refractivity (Wildman–Crippen MR) is 101 cm³/mol. The lowest BCUT2D eigenvalue weighted by atomic mass is 10.1. The summed E-state index contributed by atoms with van der Waals surface area (Å²) < 4.78 is 10.3. The first-order chi connectivity index (χ1) is 12.3. The first-order valence-corrected chi connectivity index (χ1v) is 8.30. The zero-order valence-electron chi connectivity index (χ0n) is 15.1. The summed E-state index contributed by atoms with van der Waals surface area (Å²) in [5, 5.41) is 5.63. The highest BCUT2D eigenvalue weighted by Gasteiger charge is 2.14. The molecule has 2 aromatic carbocycles. The van der Waals surface area contributed by atoms with E-state index in [2.05, 4.69) is 10.6 Å². The van der Waals surface area contributed by atoms with Gasteiger partial charge in [0.1, 0.15) is 11.5 Å². The molecule has 0 aliphatic heterocycles. The molecule has 6 nitrogen and oxygen atoms in total. The van der Waals surface area contributed by atoms with Gasteiger partial charge >= 0.3 is 0 Å². The monoisotopic (exact) mass is 376 g/mol. The number of halogens is 1. The molecule has 0 aromatic heterocycles. The van der Waals surface area contributed by atoms with E-state index in [-0.39, 0.29) is 12.5 Å². The van der Waals surface area contributed by atoms with Crippen LogP contribution in [0.25, 0.3) is 0 Å². The Hall–Kier alpha value is -2.73. The van der Waals surface area contributed by atoms with E-state index in [0.29, 0.717) is 27.8 Å². The quantitative estimate of drug-likeness (QED) is 0.810. The van der Waals surface area contributed by atoms with Gasteiger partial charge in [-0.25, -0.2) is 0 Å². The molecule has 0 aliphatic carbocycles. The van der Waals surface area contributed by atoms with E-state index in [4.69, 9.17) is 21.1 Å². The smallest absolute Gasteiger partial charge is 0.251 e. The van der Waals surface area contributed by atoms with Crippen LogP contribution in [0.3, 0.4) is 0 Å². The molecule has 0 spiro atoms. The number of amides is 2. The van der Waals surface area contributed by atoms with Gasteiger partial charge < -0.3 is 20.1 Å². The Morgan fingerprint density at radius 1 is 1.00 bits per heavy atom. The van der Waals surface area contributed by atoms with Gasteiger partial charge in [-0.3, -0.25) is 9.59 Å². The van der Waals surface area contributed by atoms with Gasteiger partial charge in [-0.05, 0) is 37.1 Å². The van der Waals surface area contributed by atoms with Crippen molar-refractivity contribution in [1.29, 1.82) is 0 Å². The minimum atomic E-state index is -0.398. The van der Waals surface area contributed by atoms with Crippen LogP contribution < -0.4 is 20.1 Å². The van der Waals surface area contributed by atoms with Crippen LogP contribution in [0, 0.1) is 13.8 Å². The molecule has 0 bridgehead atoms. The Kier molecular flexibility index (Phi) is 6.46. The van der Waals surface area contributed by atoms with Gasteiger partial charge in [0.05, 0.1) is 31.5 Å². The lowest BCUT2D eigenvalue weighted by molar-refractivity contribution is -0.115. The Morgan fingerprint density at radius 3 is 2.31 bits per heavy atom. The summed E-state index contributed by atoms with van der Waals surface area (Å²) in [6.45, 7) is 3.72. The van der Waals surface area contributed by atoms with Crippen LogP contribution >= 0.6 is 11.6 Å². The average Bonchev–Trinajstić information content (AvgIpc) is 2.62. The number of hydrogen-bond donors (Lipinski definition) is 2. The number of carbonyl (C=O) groups is 2. The molecule has 0 saturated carbocycles. The van der Waals surface area contributed by atoms with Crippen molar-refractivity contribution in [1.82, 2.24) is 5.32 Å². The third-order valence-corrected chi connectivity index (χ3v) is 4.22. The minimum Gasteiger partial charge on any atom is -0.495 e. The summed E-state index contributed by atoms with van der Waals surface area (Å²) in [5.41, 5.74) is 3.02. The van der Waals surface area contributed by atoms with E-state index in [1.165, 1.54) is 14.2 Å². The number of aryl methyl sites for hydroxylation is 2. The van der Waals surface area contributed by atoms with Crippen LogP contribution in [0.4, 0.5) is 5.69 Å². The van der Waals surface area contributed by atoms with Crippen molar-refractivity contribution in [3.8, 4) is 11.5 Å². The zero-order chi connectivity index (χ0) is 19.3. The maximum Gasteiger partial charge on any atom is 0.251 e. The molecule has 26 heavy (non-hydrogen) atoms. The van der Waals surface area contributed by atoms with E-state index in [1.807, 2.05) is 19.9 Å². The van der Waals surface area contributed by atoms with Crippen LogP contribution in [-0.2, 0) is 4.79 Å². The lowest BCUT2D eigenvalue weighted by Crippen LogP contribution is -2.33. The van der Waals surface area contributed by atoms with Gasteiger partial charge in [-0.15, -0.1) is 0 Å². The van der Waals surface area contributed by atoms with Gasteiger partial charge in [-0.2, -0.15) is 0 Å². The molecule has 0 atom stereocenters. The van der Waals surface area contributed by atoms with Gasteiger partial charge in [0, 0.05) is 17.7 Å². The lowest BCUT2D eigenvalue weighted by Gasteiger charge is -2.13. The van der Waals surface area contributed by atoms with E-state index in [1.54, 1.807) is 24.3 Å². The van der Waals surface area contributed by atoms with Crippen LogP contribution in [0.5, 0.6) is 11.5 Å². The Labute approximate surface area is 157 Å². The standard InChI is InChI=1S/C19H21ClN2O4/c1-11-5-6-13(7-12(11)2)19(24)21-10-18(23)22-15-9-16(25-3)14(20)8-17(15)26-4/h5-9H,10H2,1-4H3,(H,21,24)(H,22,23). The summed E-state index contributed by atoms with van der Waals surface area (Å²) >= 11 is 6.04. The van der Waals surface area contributed by atoms with Crippen molar-refractivity contribution in [2.45, 2.75) is 13.8 Å². The molecule has 0 unspecified atom stereocenters. The third kappa shape index (κ3) is 4.67. The number of anilines is 1. The van der Waals surface area contributed by atoms with Crippen molar-refractivity contribution in [3.63, 3.8) is 0 Å². The Bertz CT molecular complexity index is 837. The highest BCUT2D eigenvalue weighted by atomic mass is 35.5. The first-order valence-electron chi connectivity index (χ1n) is 7.92. The molecule has 2 amide bonds. The topological polar surface area (TPSA) is 76.7 Å². The number of carbonyl (C=O) groups excluding carboxylic acids is 2. The summed E-state index contributed by atoms with van der Waals surface area (Å²) in [4.78, 5) is 24.3. The van der Waals surface area contributed by atoms with Crippen LogP contribution in [0.1, 0.15) is 21.5 Å². The van der Waals surface area contributed by atoms with Gasteiger partial charge in [0.15, 0.2) is 0 Å². The largest absolute Gasteiger partial charge is 0.495 e. The van der Waals surface area contributed by atoms with E-state index < -0.39 is 5.91 Å². The van der Waals surface area contributed by atoms with Crippen LogP contribution in [0.15, 0.2) is 30.3 Å². The number of hydrogen-bond acceptors (Lipinski definition) is 4. The Morgan fingerprint density at radius 2 is 1.69 bits per heavy atom. The van der Waals surface area contributed by atoms with Crippen molar-refractivity contribution in [2.75, 3.05) is 26.1 Å². The minimum absolute atomic E-state index is 0.181. The molecule has 7 heteroatoms. The fourth-order valence-electron chi connectivity index (χ4n) is 2.30. The average molecular weight is 377 g/mol. The van der Waals surface area contributed by atoms with Gasteiger partial charge in [0.2, 0.25) is 5.91 Å². The molecule has 138 valence electrons. The highest BCUT2D eigenvalue weighted by Crippen LogP contribution is 2.35. The molecule has 2 aromatic rings. The van der Waals surface area contributed by atoms with Crippen molar-refractivity contribution < 1.29 is 19.1 Å². The maximum absolute atomic E-state index is 12.2. The van der Waals surface area contributed by atoms with Crippen molar-refractivity contribution in [2.24, 2.45) is 0 Å². The molecule has 0 aliphatic rings. The Balaban J connectivity index is 2.02. The number of benzene rings is 2. The summed E-state index contributed by atoms with van der Waals surface area (Å²) in [5.74, 6) is 0.0836. The second-order valence-electron chi connectivity index (χ2n) is 5.72. The number of rotatable bonds is 6. The summed E-state index contributed by atoms with van der Waals surface area (Å²) in [7, 11) is 2.94. The fraction of sp³-hybridized carbons (Fsp3) is 0.263. The van der Waals surface area contributed by atoms with Crippen molar-refractivity contribution >= 4 is 29.1 Å². The van der Waals surface area contributed by atoms with Crippen molar-refractivity contribution in [3.05, 3.63) is 52.0 Å². The molecular formula is C19H21ClN2O4. The summed E-state index contributed by atoms with van der Waals surface area (Å²) in [6, 6.07) is 8.49. The molecule has 0 heterocycles. The van der Waals surface area contributed by atoms with E-state index in [0.717, 1.165) is 11.1 Å². The molecule has 0 fully saturated rings. The highest BCUT2D eigenvalue weighted by molar-refractivity contribution is 6.32. The fourth-order valence-corrected chi connectivity index (χ4v) is 2.53. The second-order valence-corrected chi connectivity index (χ2v) is 6.12. The molecule has 0 radical (unpaired) electrons. The number of nitrogens with one attached hydrogen (secondary N) is 2. The predicted octanol–water partition coefficient (Wildman–Crippen LogP) is 3.34. The van der Waals surface area contributed by atoms with Crippen LogP contribution in [-0.4, -0.2) is 32.6 Å². The molecule has 2 rings (SSSR count). The number of ether oxygens (including phenoxy) is 2. The molecular weight excluding hydrogens is 356 g/mol. The van der Waals surface area contributed by atoms with Gasteiger partial charge in [-0.1, -0.05) is 17.7 Å². The first kappa shape index (κ1) is 19.6. The molecule has 0 saturated heterocycles. The normalized spacial score (nSPS) is 10.2. The van der Waals surface area contributed by atoms with E-state index in [9.17, 15) is 9.59 Å². The zero-order valence-corrected chi connectivity index (χ0v) is 15.9. The second kappa shape index (κ2) is 8.58. The SMILES string of the molecule is COc1cc(NC(=O)CNC(=O)c2ccc(C)c(C)c2)c(OC)cc1Cl.